The van der Waals surface area contributed by atoms with Crippen molar-refractivity contribution in [2.75, 3.05) is 19.8 Å². The molecule has 1 aliphatic carbocycles. The van der Waals surface area contributed by atoms with Crippen molar-refractivity contribution < 1.29 is 58.3 Å². The number of unbranched alkanes of at least 4 members (excludes halogenated alkanes) is 16. The maximum atomic E-state index is 12.8. The lowest BCUT2D eigenvalue weighted by Crippen LogP contribution is -2.64. The number of phosphoric acid groups is 1. The van der Waals surface area contributed by atoms with Crippen LogP contribution in [0.15, 0.2) is 72.9 Å². The third-order valence-electron chi connectivity index (χ3n) is 10.8. The van der Waals surface area contributed by atoms with Gasteiger partial charge in [0.15, 0.2) is 0 Å². The molecule has 0 radical (unpaired) electrons. The second-order valence-corrected chi connectivity index (χ2v) is 18.0. The first-order valence-electron chi connectivity index (χ1n) is 24.3. The molecule has 13 heteroatoms. The Balaban J connectivity index is 2.38. The van der Waals surface area contributed by atoms with E-state index in [2.05, 4.69) is 86.8 Å². The van der Waals surface area contributed by atoms with Crippen molar-refractivity contribution in [1.29, 1.82) is 0 Å². The molecule has 364 valence electrons. The quantitative estimate of drug-likeness (QED) is 0.0148. The first kappa shape index (κ1) is 58.8. The molecule has 0 spiro atoms. The molecule has 0 aromatic carbocycles. The molecule has 1 aliphatic rings. The molecule has 12 nitrogen and oxygen atoms in total. The largest absolute Gasteiger partial charge is 0.472 e. The van der Waals surface area contributed by atoms with E-state index in [4.69, 9.17) is 18.5 Å². The van der Waals surface area contributed by atoms with Crippen molar-refractivity contribution in [3.05, 3.63) is 72.9 Å². The van der Waals surface area contributed by atoms with Gasteiger partial charge in [-0.1, -0.05) is 164 Å². The maximum absolute atomic E-state index is 12.8. The van der Waals surface area contributed by atoms with Gasteiger partial charge in [-0.25, -0.2) is 4.57 Å². The number of hydrogen-bond donors (Lipinski definition) is 6. The Morgan fingerprint density at radius 1 is 0.524 bits per heavy atom. The van der Waals surface area contributed by atoms with Crippen molar-refractivity contribution >= 4 is 13.8 Å². The predicted molar refractivity (Wildman–Crippen MR) is 253 cm³/mol. The first-order chi connectivity index (χ1) is 30.5. The van der Waals surface area contributed by atoms with Crippen LogP contribution < -0.4 is 0 Å². The summed E-state index contributed by atoms with van der Waals surface area (Å²) in [5, 5.41) is 50.2. The predicted octanol–water partition coefficient (Wildman–Crippen LogP) is 10.4. The van der Waals surface area contributed by atoms with Crippen LogP contribution in [0.4, 0.5) is 0 Å². The van der Waals surface area contributed by atoms with Gasteiger partial charge in [-0.3, -0.25) is 13.8 Å². The molecule has 1 rings (SSSR count). The zero-order valence-electron chi connectivity index (χ0n) is 38.8. The Bertz CT molecular complexity index is 1310. The number of carbonyl (C=O) groups is 1. The molecule has 0 heterocycles. The summed E-state index contributed by atoms with van der Waals surface area (Å²) in [6.07, 6.45) is 39.6. The van der Waals surface area contributed by atoms with E-state index in [-0.39, 0.29) is 13.0 Å². The van der Waals surface area contributed by atoms with Gasteiger partial charge in [0.05, 0.1) is 13.2 Å². The minimum atomic E-state index is -5.03. The van der Waals surface area contributed by atoms with E-state index in [0.717, 1.165) is 116 Å². The lowest BCUT2D eigenvalue weighted by molar-refractivity contribution is -0.220. The van der Waals surface area contributed by atoms with Gasteiger partial charge in [0.2, 0.25) is 0 Å². The van der Waals surface area contributed by atoms with Gasteiger partial charge in [-0.15, -0.1) is 0 Å². The molecule has 0 amide bonds. The molecule has 0 aliphatic heterocycles. The number of rotatable bonds is 40. The second kappa shape index (κ2) is 40.1. The van der Waals surface area contributed by atoms with Crippen LogP contribution in [0.5, 0.6) is 0 Å². The Morgan fingerprint density at radius 3 is 1.43 bits per heavy atom. The van der Waals surface area contributed by atoms with Gasteiger partial charge in [-0.2, -0.15) is 0 Å². The topological polar surface area (TPSA) is 192 Å². The molecule has 6 atom stereocenters. The second-order valence-electron chi connectivity index (χ2n) is 16.6. The number of aliphatic hydroxyl groups is 5. The lowest BCUT2D eigenvalue weighted by Gasteiger charge is -2.41. The summed E-state index contributed by atoms with van der Waals surface area (Å²) in [5.74, 6) is -0.492. The molecule has 0 saturated heterocycles. The third kappa shape index (κ3) is 32.2. The van der Waals surface area contributed by atoms with E-state index >= 15 is 0 Å². The fourth-order valence-corrected chi connectivity index (χ4v) is 7.92. The van der Waals surface area contributed by atoms with E-state index < -0.39 is 63.1 Å². The van der Waals surface area contributed by atoms with Gasteiger partial charge in [0.1, 0.15) is 42.7 Å². The maximum Gasteiger partial charge on any atom is 0.472 e. The van der Waals surface area contributed by atoms with Gasteiger partial charge < -0.3 is 39.9 Å². The van der Waals surface area contributed by atoms with Gasteiger partial charge in [0.25, 0.3) is 0 Å². The highest BCUT2D eigenvalue weighted by molar-refractivity contribution is 7.47. The fraction of sp³-hybridized carbons (Fsp3) is 0.740. The fourth-order valence-electron chi connectivity index (χ4n) is 6.95. The number of allylic oxidation sites excluding steroid dienone is 12. The average molecular weight is 911 g/mol. The van der Waals surface area contributed by atoms with Gasteiger partial charge in [-0.05, 0) is 77.0 Å². The minimum absolute atomic E-state index is 0.0908. The Morgan fingerprint density at radius 2 is 0.937 bits per heavy atom. The summed E-state index contributed by atoms with van der Waals surface area (Å²) < 4.78 is 34.2. The van der Waals surface area contributed by atoms with Crippen molar-refractivity contribution in [3.63, 3.8) is 0 Å². The zero-order valence-corrected chi connectivity index (χ0v) is 39.7. The Hall–Kier alpha value is -2.22. The smallest absolute Gasteiger partial charge is 0.457 e. The molecule has 1 saturated carbocycles. The summed E-state index contributed by atoms with van der Waals surface area (Å²) in [5.41, 5.74) is 0. The minimum Gasteiger partial charge on any atom is -0.457 e. The van der Waals surface area contributed by atoms with Gasteiger partial charge >= 0.3 is 13.8 Å². The Labute approximate surface area is 380 Å². The van der Waals surface area contributed by atoms with Gasteiger partial charge in [0, 0.05) is 13.0 Å². The number of phosphoric ester groups is 1. The third-order valence-corrected chi connectivity index (χ3v) is 11.8. The average Bonchev–Trinajstić information content (AvgIpc) is 3.27. The Kier molecular flexibility index (Phi) is 37.4. The monoisotopic (exact) mass is 911 g/mol. The number of ether oxygens (including phenoxy) is 2. The SMILES string of the molecule is CC/C=C\C/C=C\C/C=C\C/C=C\CCCCCCCCCCC(=O)OC(COCCCCCCCC/C=C\C/C=C\CCCC)COP(=O)(O)OC1C(O)C(O)C(O)C(O)C1O. The number of hydrogen-bond acceptors (Lipinski definition) is 11. The lowest BCUT2D eigenvalue weighted by atomic mass is 9.85. The number of carbonyl (C=O) groups excluding carboxylic acids is 1. The molecule has 1 fully saturated rings. The summed E-state index contributed by atoms with van der Waals surface area (Å²) in [6, 6.07) is 0. The van der Waals surface area contributed by atoms with E-state index in [1.807, 2.05) is 0 Å². The molecule has 0 aromatic heterocycles. The van der Waals surface area contributed by atoms with Crippen LogP contribution in [0.1, 0.15) is 174 Å². The summed E-state index contributed by atoms with van der Waals surface area (Å²) in [7, 11) is -5.03. The molecule has 63 heavy (non-hydrogen) atoms. The molecular formula is C50H87O12P. The standard InChI is InChI=1S/C50H87O12P/c1-3-5-7-9-11-13-15-17-19-20-21-22-23-24-25-27-29-31-33-35-37-39-44(51)61-43(42-60-63(57,58)62-50-48(55)46(53)45(52)47(54)49(50)56)41-59-40-38-36-34-32-30-28-26-18-16-14-12-10-8-6-4-2/h5,7,10-13,16-19,21-22,43,45-50,52-56H,3-4,6,8-9,14-15,20,23-42H2,1-2H3,(H,57,58)/b7-5-,12-10-,13-11-,18-16-,19-17-,22-21-. The van der Waals surface area contributed by atoms with Crippen LogP contribution in [0, 0.1) is 0 Å². The molecular weight excluding hydrogens is 824 g/mol. The van der Waals surface area contributed by atoms with Crippen LogP contribution in [0.2, 0.25) is 0 Å². The van der Waals surface area contributed by atoms with Crippen LogP contribution >= 0.6 is 7.82 Å². The molecule has 0 aromatic rings. The summed E-state index contributed by atoms with van der Waals surface area (Å²) in [4.78, 5) is 23.2. The molecule has 6 unspecified atom stereocenters. The zero-order chi connectivity index (χ0) is 46.2. The van der Waals surface area contributed by atoms with Crippen LogP contribution in [0.25, 0.3) is 0 Å². The normalized spacial score (nSPS) is 22.5. The highest BCUT2D eigenvalue weighted by Crippen LogP contribution is 2.47. The highest BCUT2D eigenvalue weighted by Gasteiger charge is 2.51. The summed E-state index contributed by atoms with van der Waals surface area (Å²) in [6.45, 7) is 4.07. The highest BCUT2D eigenvalue weighted by atomic mass is 31.2. The van der Waals surface area contributed by atoms with E-state index in [0.29, 0.717) is 13.0 Å². The van der Waals surface area contributed by atoms with E-state index in [9.17, 15) is 39.8 Å². The van der Waals surface area contributed by atoms with Crippen molar-refractivity contribution in [3.8, 4) is 0 Å². The van der Waals surface area contributed by atoms with Crippen molar-refractivity contribution in [2.24, 2.45) is 0 Å². The van der Waals surface area contributed by atoms with Crippen molar-refractivity contribution in [2.45, 2.75) is 217 Å². The first-order valence-corrected chi connectivity index (χ1v) is 25.8. The van der Waals surface area contributed by atoms with E-state index in [1.54, 1.807) is 0 Å². The van der Waals surface area contributed by atoms with Crippen LogP contribution in [-0.4, -0.2) is 98.9 Å². The van der Waals surface area contributed by atoms with Crippen LogP contribution in [0.3, 0.4) is 0 Å². The molecule has 6 N–H and O–H groups in total. The molecule has 0 bridgehead atoms. The number of aliphatic hydroxyl groups excluding tert-OH is 5. The van der Waals surface area contributed by atoms with Crippen molar-refractivity contribution in [1.82, 2.24) is 0 Å². The van der Waals surface area contributed by atoms with Crippen LogP contribution in [-0.2, 0) is 27.9 Å². The van der Waals surface area contributed by atoms with E-state index in [1.165, 1.54) is 32.1 Å². The number of esters is 1. The summed E-state index contributed by atoms with van der Waals surface area (Å²) >= 11 is 0.